The molecule has 0 fully saturated rings. The minimum atomic E-state index is -0.0162. The van der Waals surface area contributed by atoms with E-state index in [1.165, 1.54) is 17.1 Å². The first-order valence-electron chi connectivity index (χ1n) is 5.46. The Morgan fingerprint density at radius 1 is 1.16 bits per heavy atom. The van der Waals surface area contributed by atoms with E-state index in [-0.39, 0.29) is 39.3 Å². The average Bonchev–Trinajstić information content (AvgIpc) is 2.28. The molecule has 0 bridgehead atoms. The van der Waals surface area contributed by atoms with Gasteiger partial charge < -0.3 is 22.7 Å². The molecule has 0 amide bonds. The number of thioether (sulfide) groups is 1. The Hall–Kier alpha value is -0.560. The second kappa shape index (κ2) is 8.58. The van der Waals surface area contributed by atoms with Crippen LogP contribution in [0.15, 0.2) is 42.5 Å². The quantitative estimate of drug-likeness (QED) is 0.322. The fraction of sp³-hybridized carbons (Fsp3) is 0.154. The van der Waals surface area contributed by atoms with Gasteiger partial charge in [0.2, 0.25) is 0 Å². The van der Waals surface area contributed by atoms with Crippen molar-refractivity contribution in [2.24, 2.45) is 11.5 Å². The average molecular weight is 407 g/mol. The molecule has 1 atom stereocenters. The van der Waals surface area contributed by atoms with Gasteiger partial charge >= 0.3 is 5.17 Å². The largest absolute Gasteiger partial charge is 1.00 e. The van der Waals surface area contributed by atoms with Crippen molar-refractivity contribution in [1.29, 1.82) is 0 Å². The van der Waals surface area contributed by atoms with Crippen molar-refractivity contribution in [3.63, 3.8) is 0 Å². The van der Waals surface area contributed by atoms with Gasteiger partial charge in [0.25, 0.3) is 0 Å². The van der Waals surface area contributed by atoms with Crippen LogP contribution in [0.2, 0.25) is 0 Å². The molecule has 0 heterocycles. The molecule has 1 unspecified atom stereocenters. The summed E-state index contributed by atoms with van der Waals surface area (Å²) in [6.45, 7) is 1.91. The Labute approximate surface area is 138 Å². The Kier molecular flexibility index (Phi) is 8.33. The molecule has 2 aromatic carbocycles. The predicted octanol–water partition coefficient (Wildman–Crippen LogP) is -1.51. The first-order valence-corrected chi connectivity index (χ1v) is 6.34. The molecule has 104 valence electrons. The zero-order valence-corrected chi connectivity index (χ0v) is 14.6. The van der Waals surface area contributed by atoms with E-state index < -0.39 is 0 Å². The summed E-state index contributed by atoms with van der Waals surface area (Å²) in [6, 6.07) is 14.3. The Balaban J connectivity index is 0.00000162. The van der Waals surface area contributed by atoms with Crippen LogP contribution >= 0.6 is 28.7 Å². The van der Waals surface area contributed by atoms with Gasteiger partial charge in [0, 0.05) is 5.39 Å². The normalized spacial score (nSPS) is 12.4. The van der Waals surface area contributed by atoms with Crippen molar-refractivity contribution in [2.45, 2.75) is 12.3 Å². The fourth-order valence-electron chi connectivity index (χ4n) is 1.70. The number of hydrogen-bond acceptors (Lipinski definition) is 2. The summed E-state index contributed by atoms with van der Waals surface area (Å²) in [5.74, 6) is 0. The predicted molar refractivity (Wildman–Crippen MR) is 85.3 cm³/mol. The molecule has 0 aliphatic rings. The van der Waals surface area contributed by atoms with Gasteiger partial charge in [-0.1, -0.05) is 36.4 Å². The molecule has 0 aliphatic carbocycles. The summed E-state index contributed by atoms with van der Waals surface area (Å²) in [5.41, 5.74) is 12.6. The monoisotopic (exact) mass is 405 g/mol. The van der Waals surface area contributed by atoms with Gasteiger partial charge in [0.15, 0.2) is 0 Å². The Morgan fingerprint density at radius 2 is 1.79 bits per heavy atom. The second-order valence-electron chi connectivity index (χ2n) is 3.84. The highest BCUT2D eigenvalue weighted by Crippen LogP contribution is 2.18. The molecule has 6 heteroatoms. The van der Waals surface area contributed by atoms with Gasteiger partial charge in [0.1, 0.15) is 5.69 Å². The van der Waals surface area contributed by atoms with E-state index in [1.54, 1.807) is 0 Å². The molecule has 0 aliphatic heterocycles. The van der Waals surface area contributed by atoms with Crippen molar-refractivity contribution in [2.75, 3.05) is 0 Å². The molecule has 0 aromatic heterocycles. The lowest BCUT2D eigenvalue weighted by atomic mass is 10.1. The summed E-state index contributed by atoms with van der Waals surface area (Å²) in [7, 11) is 0. The first kappa shape index (κ1) is 18.4. The highest BCUT2D eigenvalue weighted by molar-refractivity contribution is 8.93. The number of amidine groups is 1. The molecule has 3 nitrogen and oxygen atoms in total. The van der Waals surface area contributed by atoms with Gasteiger partial charge in [0.05, 0.1) is 5.37 Å². The lowest BCUT2D eigenvalue weighted by Gasteiger charge is -2.02. The SMILES string of the molecule is Br.CC(N)SC(N)=[NH+]c1cccc2ccccc12.[Br-]. The third kappa shape index (κ3) is 5.14. The van der Waals surface area contributed by atoms with Crippen LogP contribution in [-0.4, -0.2) is 10.5 Å². The maximum Gasteiger partial charge on any atom is 0.308 e. The molecule has 19 heavy (non-hydrogen) atoms. The van der Waals surface area contributed by atoms with Gasteiger partial charge in [-0.05, 0) is 30.1 Å². The van der Waals surface area contributed by atoms with E-state index in [2.05, 4.69) is 23.2 Å². The zero-order valence-electron chi connectivity index (χ0n) is 10.5. The number of nitrogens with one attached hydrogen (secondary N) is 1. The van der Waals surface area contributed by atoms with Crippen molar-refractivity contribution < 1.29 is 22.0 Å². The third-order valence-corrected chi connectivity index (χ3v) is 3.09. The summed E-state index contributed by atoms with van der Waals surface area (Å²) >= 11 is 1.42. The molecule has 2 aromatic rings. The molecule has 2 rings (SSSR count). The minimum absolute atomic E-state index is 0. The van der Waals surface area contributed by atoms with Crippen molar-refractivity contribution in [3.05, 3.63) is 42.5 Å². The first-order chi connectivity index (χ1) is 8.16. The Morgan fingerprint density at radius 3 is 2.47 bits per heavy atom. The standard InChI is InChI=1S/C13H15N3S.2BrH/c1-9(14)17-13(15)16-12-8-4-6-10-5-2-3-7-11(10)12;;/h2-9H,14H2,1H3,(H2,15,16);2*1H. The number of fused-ring (bicyclic) bond motifs is 1. The highest BCUT2D eigenvalue weighted by atomic mass is 79.9. The van der Waals surface area contributed by atoms with E-state index >= 15 is 0 Å². The number of halogens is 2. The minimum Gasteiger partial charge on any atom is -1.00 e. The van der Waals surface area contributed by atoms with E-state index in [0.29, 0.717) is 5.17 Å². The lowest BCUT2D eigenvalue weighted by molar-refractivity contribution is -0.349. The van der Waals surface area contributed by atoms with Crippen LogP contribution in [0.25, 0.3) is 10.8 Å². The van der Waals surface area contributed by atoms with E-state index in [4.69, 9.17) is 11.5 Å². The van der Waals surface area contributed by atoms with Crippen molar-refractivity contribution >= 4 is 50.4 Å². The number of nitrogens with two attached hydrogens (primary N) is 2. The smallest absolute Gasteiger partial charge is 0.308 e. The van der Waals surface area contributed by atoms with E-state index in [9.17, 15) is 0 Å². The van der Waals surface area contributed by atoms with Crippen LogP contribution in [0.5, 0.6) is 0 Å². The van der Waals surface area contributed by atoms with Gasteiger partial charge in [-0.2, -0.15) is 0 Å². The van der Waals surface area contributed by atoms with Crippen LogP contribution < -0.4 is 33.4 Å². The van der Waals surface area contributed by atoms with Crippen LogP contribution in [-0.2, 0) is 0 Å². The van der Waals surface area contributed by atoms with Crippen LogP contribution in [0.1, 0.15) is 6.92 Å². The van der Waals surface area contributed by atoms with Crippen molar-refractivity contribution in [1.82, 2.24) is 0 Å². The maximum absolute atomic E-state index is 5.89. The van der Waals surface area contributed by atoms with Crippen molar-refractivity contribution in [3.8, 4) is 0 Å². The highest BCUT2D eigenvalue weighted by Gasteiger charge is 2.06. The summed E-state index contributed by atoms with van der Waals surface area (Å²) < 4.78 is 0. The summed E-state index contributed by atoms with van der Waals surface area (Å²) in [4.78, 5) is 3.19. The lowest BCUT2D eigenvalue weighted by Crippen LogP contribution is -3.00. The van der Waals surface area contributed by atoms with E-state index in [0.717, 1.165) is 11.1 Å². The molecule has 0 spiro atoms. The molecular weight excluding hydrogens is 390 g/mol. The molecule has 5 N–H and O–H groups in total. The van der Waals surface area contributed by atoms with Gasteiger partial charge in [-0.15, -0.1) is 17.0 Å². The summed E-state index contributed by atoms with van der Waals surface area (Å²) in [5, 5.41) is 2.95. The maximum atomic E-state index is 5.89. The summed E-state index contributed by atoms with van der Waals surface area (Å²) in [6.07, 6.45) is 0. The molecule has 0 saturated heterocycles. The molecule has 0 saturated carbocycles. The Bertz CT molecular complexity index is 553. The number of benzene rings is 2. The zero-order chi connectivity index (χ0) is 12.3. The van der Waals surface area contributed by atoms with Crippen LogP contribution in [0, 0.1) is 0 Å². The van der Waals surface area contributed by atoms with Gasteiger partial charge in [-0.25, -0.2) is 4.99 Å². The fourth-order valence-corrected chi connectivity index (χ4v) is 2.27. The van der Waals surface area contributed by atoms with Gasteiger partial charge in [-0.3, -0.25) is 5.73 Å². The molecule has 0 radical (unpaired) electrons. The van der Waals surface area contributed by atoms with Crippen LogP contribution in [0.4, 0.5) is 5.69 Å². The molecular formula is C13H17Br2N3S. The number of hydrogen-bond donors (Lipinski definition) is 3. The van der Waals surface area contributed by atoms with E-state index in [1.807, 2.05) is 31.2 Å². The topological polar surface area (TPSA) is 66.0 Å². The third-order valence-electron chi connectivity index (χ3n) is 2.36. The second-order valence-corrected chi connectivity index (χ2v) is 5.26. The van der Waals surface area contributed by atoms with Crippen LogP contribution in [0.3, 0.4) is 0 Å². The number of rotatable bonds is 2.